The summed E-state index contributed by atoms with van der Waals surface area (Å²) in [5, 5.41) is 13.6. The van der Waals surface area contributed by atoms with Gasteiger partial charge in [-0.2, -0.15) is 0 Å². The van der Waals surface area contributed by atoms with Crippen molar-refractivity contribution in [1.82, 2.24) is 5.32 Å². The van der Waals surface area contributed by atoms with E-state index in [-0.39, 0.29) is 0 Å². The fourth-order valence-electron chi connectivity index (χ4n) is 2.50. The van der Waals surface area contributed by atoms with E-state index in [0.717, 1.165) is 25.9 Å². The second-order valence-electron chi connectivity index (χ2n) is 5.55. The zero-order valence-electron chi connectivity index (χ0n) is 10.6. The fraction of sp³-hybridized carbons (Fsp3) is 1.00. The molecule has 0 radical (unpaired) electrons. The van der Waals surface area contributed by atoms with E-state index in [4.69, 9.17) is 0 Å². The van der Waals surface area contributed by atoms with Gasteiger partial charge in [0.25, 0.3) is 0 Å². The molecule has 1 aliphatic rings. The summed E-state index contributed by atoms with van der Waals surface area (Å²) >= 11 is 0. The predicted octanol–water partition coefficient (Wildman–Crippen LogP) is 2.71. The smallest absolute Gasteiger partial charge is 0.0766 e. The summed E-state index contributed by atoms with van der Waals surface area (Å²) in [7, 11) is 0. The Kier molecular flexibility index (Phi) is 4.60. The van der Waals surface area contributed by atoms with Gasteiger partial charge in [0, 0.05) is 13.1 Å². The summed E-state index contributed by atoms with van der Waals surface area (Å²) in [6, 6.07) is 0. The lowest BCUT2D eigenvalue weighted by atomic mass is 9.88. The lowest BCUT2D eigenvalue weighted by molar-refractivity contribution is 0.0302. The molecule has 0 aromatic rings. The van der Waals surface area contributed by atoms with Crippen molar-refractivity contribution >= 4 is 0 Å². The first-order chi connectivity index (χ1) is 7.04. The average molecular weight is 213 g/mol. The SMILES string of the molecule is CCC(O)(CC)CNCC1(C)CCCC1. The normalized spacial score (nSPS) is 20.8. The topological polar surface area (TPSA) is 32.3 Å². The molecule has 0 aliphatic heterocycles. The molecule has 0 atom stereocenters. The summed E-state index contributed by atoms with van der Waals surface area (Å²) in [6.45, 7) is 8.29. The quantitative estimate of drug-likeness (QED) is 0.711. The van der Waals surface area contributed by atoms with Gasteiger partial charge in [-0.15, -0.1) is 0 Å². The molecule has 15 heavy (non-hydrogen) atoms. The number of hydrogen-bond acceptors (Lipinski definition) is 2. The highest BCUT2D eigenvalue weighted by Gasteiger charge is 2.29. The van der Waals surface area contributed by atoms with E-state index >= 15 is 0 Å². The second-order valence-corrected chi connectivity index (χ2v) is 5.55. The van der Waals surface area contributed by atoms with Gasteiger partial charge in [-0.25, -0.2) is 0 Å². The van der Waals surface area contributed by atoms with Crippen molar-refractivity contribution in [2.45, 2.75) is 64.9 Å². The Hall–Kier alpha value is -0.0800. The highest BCUT2D eigenvalue weighted by Crippen LogP contribution is 2.36. The van der Waals surface area contributed by atoms with Crippen molar-refractivity contribution in [3.63, 3.8) is 0 Å². The maximum Gasteiger partial charge on any atom is 0.0766 e. The molecule has 0 aromatic carbocycles. The Labute approximate surface area is 94.5 Å². The minimum Gasteiger partial charge on any atom is -0.389 e. The maximum absolute atomic E-state index is 10.1. The van der Waals surface area contributed by atoms with Gasteiger partial charge < -0.3 is 10.4 Å². The van der Waals surface area contributed by atoms with Crippen LogP contribution in [0.2, 0.25) is 0 Å². The molecule has 90 valence electrons. The molecule has 0 saturated heterocycles. The molecule has 0 unspecified atom stereocenters. The first kappa shape index (κ1) is 13.0. The van der Waals surface area contributed by atoms with Crippen molar-refractivity contribution in [2.75, 3.05) is 13.1 Å². The molecule has 1 rings (SSSR count). The molecule has 0 bridgehead atoms. The first-order valence-electron chi connectivity index (χ1n) is 6.47. The van der Waals surface area contributed by atoms with Gasteiger partial charge in [-0.05, 0) is 31.1 Å². The van der Waals surface area contributed by atoms with Crippen molar-refractivity contribution in [3.8, 4) is 0 Å². The molecular weight excluding hydrogens is 186 g/mol. The molecular formula is C13H27NO. The number of nitrogens with one attached hydrogen (secondary N) is 1. The van der Waals surface area contributed by atoms with Crippen LogP contribution in [0.25, 0.3) is 0 Å². The lowest BCUT2D eigenvalue weighted by Crippen LogP contribution is -2.42. The van der Waals surface area contributed by atoms with Gasteiger partial charge in [0.05, 0.1) is 5.60 Å². The molecule has 0 aromatic heterocycles. The lowest BCUT2D eigenvalue weighted by Gasteiger charge is -2.29. The highest BCUT2D eigenvalue weighted by atomic mass is 16.3. The molecule has 0 amide bonds. The van der Waals surface area contributed by atoms with E-state index in [1.165, 1.54) is 25.7 Å². The Morgan fingerprint density at radius 1 is 1.20 bits per heavy atom. The number of aliphatic hydroxyl groups is 1. The Balaban J connectivity index is 2.25. The van der Waals surface area contributed by atoms with Crippen LogP contribution in [0.3, 0.4) is 0 Å². The molecule has 2 N–H and O–H groups in total. The van der Waals surface area contributed by atoms with Crippen LogP contribution in [0, 0.1) is 5.41 Å². The molecule has 2 nitrogen and oxygen atoms in total. The Bertz CT molecular complexity index is 177. The van der Waals surface area contributed by atoms with E-state index in [9.17, 15) is 5.11 Å². The monoisotopic (exact) mass is 213 g/mol. The zero-order chi connectivity index (χ0) is 11.4. The molecule has 0 heterocycles. The van der Waals surface area contributed by atoms with Crippen LogP contribution < -0.4 is 5.32 Å². The van der Waals surface area contributed by atoms with Crippen LogP contribution in [0.4, 0.5) is 0 Å². The predicted molar refractivity (Wildman–Crippen MR) is 65.0 cm³/mol. The zero-order valence-corrected chi connectivity index (χ0v) is 10.6. The van der Waals surface area contributed by atoms with Crippen LogP contribution in [0.15, 0.2) is 0 Å². The molecule has 0 spiro atoms. The van der Waals surface area contributed by atoms with Crippen molar-refractivity contribution in [2.24, 2.45) is 5.41 Å². The number of rotatable bonds is 6. The Morgan fingerprint density at radius 2 is 1.73 bits per heavy atom. The van der Waals surface area contributed by atoms with Gasteiger partial charge in [0.2, 0.25) is 0 Å². The van der Waals surface area contributed by atoms with Gasteiger partial charge >= 0.3 is 0 Å². The van der Waals surface area contributed by atoms with Crippen LogP contribution in [-0.4, -0.2) is 23.8 Å². The largest absolute Gasteiger partial charge is 0.389 e. The van der Waals surface area contributed by atoms with Crippen LogP contribution in [0.5, 0.6) is 0 Å². The maximum atomic E-state index is 10.1. The van der Waals surface area contributed by atoms with E-state index in [2.05, 4.69) is 26.1 Å². The van der Waals surface area contributed by atoms with Gasteiger partial charge in [0.1, 0.15) is 0 Å². The summed E-state index contributed by atoms with van der Waals surface area (Å²) in [5.41, 5.74) is -0.00262. The average Bonchev–Trinajstić information content (AvgIpc) is 2.65. The van der Waals surface area contributed by atoms with Gasteiger partial charge in [-0.1, -0.05) is 33.6 Å². The van der Waals surface area contributed by atoms with Crippen LogP contribution in [0.1, 0.15) is 59.3 Å². The van der Waals surface area contributed by atoms with Gasteiger partial charge in [-0.3, -0.25) is 0 Å². The molecule has 1 fully saturated rings. The van der Waals surface area contributed by atoms with Crippen molar-refractivity contribution in [3.05, 3.63) is 0 Å². The minimum atomic E-state index is -0.491. The summed E-state index contributed by atoms with van der Waals surface area (Å²) in [6.07, 6.45) is 7.13. The van der Waals surface area contributed by atoms with E-state index in [1.54, 1.807) is 0 Å². The van der Waals surface area contributed by atoms with Crippen molar-refractivity contribution < 1.29 is 5.11 Å². The molecule has 1 aliphatic carbocycles. The number of hydrogen-bond donors (Lipinski definition) is 2. The first-order valence-corrected chi connectivity index (χ1v) is 6.47. The summed E-state index contributed by atoms with van der Waals surface area (Å²) in [4.78, 5) is 0. The van der Waals surface area contributed by atoms with Crippen LogP contribution in [-0.2, 0) is 0 Å². The third kappa shape index (κ3) is 3.76. The van der Waals surface area contributed by atoms with E-state index in [1.807, 2.05) is 0 Å². The minimum absolute atomic E-state index is 0.488. The van der Waals surface area contributed by atoms with E-state index < -0.39 is 5.60 Å². The third-order valence-corrected chi connectivity index (χ3v) is 4.13. The van der Waals surface area contributed by atoms with Crippen molar-refractivity contribution in [1.29, 1.82) is 0 Å². The fourth-order valence-corrected chi connectivity index (χ4v) is 2.50. The summed E-state index contributed by atoms with van der Waals surface area (Å²) < 4.78 is 0. The van der Waals surface area contributed by atoms with E-state index in [0.29, 0.717) is 5.41 Å². The highest BCUT2D eigenvalue weighted by molar-refractivity contribution is 4.85. The van der Waals surface area contributed by atoms with Crippen LogP contribution >= 0.6 is 0 Å². The second kappa shape index (κ2) is 5.31. The Morgan fingerprint density at radius 3 is 2.20 bits per heavy atom. The molecule has 1 saturated carbocycles. The standard InChI is InChI=1S/C13H27NO/c1-4-13(15,5-2)11-14-10-12(3)8-6-7-9-12/h14-15H,4-11H2,1-3H3. The van der Waals surface area contributed by atoms with Gasteiger partial charge in [0.15, 0.2) is 0 Å². The third-order valence-electron chi connectivity index (χ3n) is 4.13. The molecule has 2 heteroatoms. The summed E-state index contributed by atoms with van der Waals surface area (Å²) in [5.74, 6) is 0.